The maximum absolute atomic E-state index is 13.0. The molecule has 2 aromatic heterocycles. The standard InChI is InChI=1S/C20H21FN6/c1-14-11-26(13-23-14)19-7-6-17(10-18(19)22)24-20-8-9-27(25-20)12-15-2-4-16(21)5-3-15/h2-5,7-11,13,17H,6,12,22H2,1H3,(H,24,25). The van der Waals surface area contributed by atoms with Crippen LogP contribution in [0.5, 0.6) is 0 Å². The highest BCUT2D eigenvalue weighted by Crippen LogP contribution is 2.22. The normalized spacial score (nSPS) is 16.7. The second-order valence-electron chi connectivity index (χ2n) is 6.65. The van der Waals surface area contributed by atoms with Crippen LogP contribution in [0.2, 0.25) is 0 Å². The molecule has 3 aromatic rings. The summed E-state index contributed by atoms with van der Waals surface area (Å²) in [6, 6.07) is 8.44. The maximum Gasteiger partial charge on any atom is 0.148 e. The number of imidazole rings is 1. The number of aromatic nitrogens is 4. The molecule has 1 aliphatic rings. The molecule has 4 rings (SSSR count). The van der Waals surface area contributed by atoms with Crippen molar-refractivity contribution in [2.24, 2.45) is 5.73 Å². The van der Waals surface area contributed by atoms with Gasteiger partial charge in [0.05, 0.1) is 36.0 Å². The van der Waals surface area contributed by atoms with Crippen LogP contribution < -0.4 is 11.1 Å². The average Bonchev–Trinajstić information content (AvgIpc) is 3.26. The van der Waals surface area contributed by atoms with E-state index in [0.717, 1.165) is 29.2 Å². The average molecular weight is 364 g/mol. The Labute approximate surface area is 156 Å². The Morgan fingerprint density at radius 1 is 1.26 bits per heavy atom. The van der Waals surface area contributed by atoms with Gasteiger partial charge in [-0.05, 0) is 37.1 Å². The van der Waals surface area contributed by atoms with Crippen LogP contribution in [0.15, 0.2) is 66.9 Å². The maximum atomic E-state index is 13.0. The van der Waals surface area contributed by atoms with Crippen LogP contribution in [0.4, 0.5) is 10.2 Å². The van der Waals surface area contributed by atoms with Crippen LogP contribution in [0.1, 0.15) is 17.7 Å². The smallest absolute Gasteiger partial charge is 0.148 e. The molecule has 138 valence electrons. The molecular weight excluding hydrogens is 343 g/mol. The van der Waals surface area contributed by atoms with Crippen molar-refractivity contribution in [3.63, 3.8) is 0 Å². The SMILES string of the molecule is Cc1cn(C2=CCC(Nc3ccn(Cc4ccc(F)cc4)n3)C=C2N)cn1. The van der Waals surface area contributed by atoms with Crippen molar-refractivity contribution in [1.82, 2.24) is 19.3 Å². The van der Waals surface area contributed by atoms with E-state index < -0.39 is 0 Å². The van der Waals surface area contributed by atoms with Crippen molar-refractivity contribution in [3.8, 4) is 0 Å². The molecule has 0 spiro atoms. The van der Waals surface area contributed by atoms with Crippen molar-refractivity contribution >= 4 is 11.5 Å². The van der Waals surface area contributed by atoms with Crippen LogP contribution in [-0.2, 0) is 6.54 Å². The molecule has 1 aromatic carbocycles. The summed E-state index contributed by atoms with van der Waals surface area (Å²) in [4.78, 5) is 4.25. The second-order valence-corrected chi connectivity index (χ2v) is 6.65. The first-order valence-electron chi connectivity index (χ1n) is 8.80. The van der Waals surface area contributed by atoms with E-state index >= 15 is 0 Å². The summed E-state index contributed by atoms with van der Waals surface area (Å²) in [7, 11) is 0. The topological polar surface area (TPSA) is 73.7 Å². The van der Waals surface area contributed by atoms with Gasteiger partial charge < -0.3 is 15.6 Å². The quantitative estimate of drug-likeness (QED) is 0.729. The lowest BCUT2D eigenvalue weighted by molar-refractivity contribution is 0.624. The van der Waals surface area contributed by atoms with Gasteiger partial charge in [-0.25, -0.2) is 9.37 Å². The van der Waals surface area contributed by atoms with Gasteiger partial charge in [0.15, 0.2) is 0 Å². The molecule has 1 unspecified atom stereocenters. The van der Waals surface area contributed by atoms with Crippen molar-refractivity contribution in [1.29, 1.82) is 0 Å². The fraction of sp³-hybridized carbons (Fsp3) is 0.200. The zero-order valence-electron chi connectivity index (χ0n) is 15.0. The number of hydrogen-bond acceptors (Lipinski definition) is 4. The van der Waals surface area contributed by atoms with Gasteiger partial charge in [-0.1, -0.05) is 18.2 Å². The van der Waals surface area contributed by atoms with E-state index in [9.17, 15) is 4.39 Å². The van der Waals surface area contributed by atoms with Gasteiger partial charge in [-0.15, -0.1) is 0 Å². The Hall–Kier alpha value is -3.35. The summed E-state index contributed by atoms with van der Waals surface area (Å²) >= 11 is 0. The molecule has 0 fully saturated rings. The third-order valence-corrected chi connectivity index (χ3v) is 4.46. The number of nitrogens with one attached hydrogen (secondary N) is 1. The molecule has 0 amide bonds. The van der Waals surface area contributed by atoms with Crippen molar-refractivity contribution in [2.75, 3.05) is 5.32 Å². The van der Waals surface area contributed by atoms with Gasteiger partial charge in [0.25, 0.3) is 0 Å². The van der Waals surface area contributed by atoms with E-state index in [-0.39, 0.29) is 11.9 Å². The van der Waals surface area contributed by atoms with Gasteiger partial charge >= 0.3 is 0 Å². The lowest BCUT2D eigenvalue weighted by Gasteiger charge is -2.21. The van der Waals surface area contributed by atoms with Crippen LogP contribution in [0.25, 0.3) is 5.70 Å². The number of anilines is 1. The van der Waals surface area contributed by atoms with Gasteiger partial charge in [0, 0.05) is 18.5 Å². The van der Waals surface area contributed by atoms with E-state index in [4.69, 9.17) is 5.73 Å². The molecule has 1 atom stereocenters. The predicted molar refractivity (Wildman–Crippen MR) is 103 cm³/mol. The Bertz CT molecular complexity index is 996. The summed E-state index contributed by atoms with van der Waals surface area (Å²) in [5.74, 6) is 0.544. The Morgan fingerprint density at radius 3 is 2.78 bits per heavy atom. The highest BCUT2D eigenvalue weighted by atomic mass is 19.1. The summed E-state index contributed by atoms with van der Waals surface area (Å²) < 4.78 is 16.8. The molecule has 3 N–H and O–H groups in total. The highest BCUT2D eigenvalue weighted by molar-refractivity contribution is 5.65. The summed E-state index contributed by atoms with van der Waals surface area (Å²) in [6.45, 7) is 2.54. The van der Waals surface area contributed by atoms with Crippen LogP contribution in [0.3, 0.4) is 0 Å². The summed E-state index contributed by atoms with van der Waals surface area (Å²) in [6.07, 6.45) is 10.5. The van der Waals surface area contributed by atoms with Gasteiger partial charge in [-0.2, -0.15) is 5.10 Å². The number of aryl methyl sites for hydroxylation is 1. The van der Waals surface area contributed by atoms with E-state index in [1.165, 1.54) is 12.1 Å². The van der Waals surface area contributed by atoms with Gasteiger partial charge in [0.2, 0.25) is 0 Å². The largest absolute Gasteiger partial charge is 0.397 e. The first-order valence-corrected chi connectivity index (χ1v) is 8.80. The van der Waals surface area contributed by atoms with Gasteiger partial charge in [-0.3, -0.25) is 4.68 Å². The number of hydrogen-bond donors (Lipinski definition) is 2. The molecule has 0 saturated heterocycles. The number of rotatable bonds is 5. The molecule has 0 aliphatic heterocycles. The molecule has 27 heavy (non-hydrogen) atoms. The Kier molecular flexibility index (Phi) is 4.50. The molecule has 7 heteroatoms. The predicted octanol–water partition coefficient (Wildman–Crippen LogP) is 3.14. The first-order chi connectivity index (χ1) is 13.1. The fourth-order valence-corrected chi connectivity index (χ4v) is 3.13. The molecule has 0 bridgehead atoms. The number of nitrogens with zero attached hydrogens (tertiary/aromatic N) is 4. The minimum atomic E-state index is -0.235. The fourth-order valence-electron chi connectivity index (χ4n) is 3.13. The molecular formula is C20H21FN6. The van der Waals surface area contributed by atoms with E-state index in [1.807, 2.05) is 40.7 Å². The second kappa shape index (κ2) is 7.11. The number of halogens is 1. The minimum Gasteiger partial charge on any atom is -0.397 e. The molecule has 2 heterocycles. The number of benzene rings is 1. The Morgan fingerprint density at radius 2 is 2.07 bits per heavy atom. The van der Waals surface area contributed by atoms with Crippen molar-refractivity contribution in [3.05, 3.63) is 84.0 Å². The zero-order chi connectivity index (χ0) is 18.8. The number of allylic oxidation sites excluding steroid dienone is 1. The highest BCUT2D eigenvalue weighted by Gasteiger charge is 2.16. The first kappa shape index (κ1) is 17.1. The lowest BCUT2D eigenvalue weighted by atomic mass is 10.0. The van der Waals surface area contributed by atoms with Gasteiger partial charge in [0.1, 0.15) is 11.6 Å². The lowest BCUT2D eigenvalue weighted by Crippen LogP contribution is -2.23. The third kappa shape index (κ3) is 3.92. The third-order valence-electron chi connectivity index (χ3n) is 4.46. The monoisotopic (exact) mass is 364 g/mol. The summed E-state index contributed by atoms with van der Waals surface area (Å²) in [5, 5.41) is 7.92. The van der Waals surface area contributed by atoms with E-state index in [0.29, 0.717) is 12.2 Å². The van der Waals surface area contributed by atoms with Crippen molar-refractivity contribution < 1.29 is 4.39 Å². The van der Waals surface area contributed by atoms with Crippen LogP contribution in [-0.4, -0.2) is 25.4 Å². The molecule has 0 radical (unpaired) electrons. The molecule has 1 aliphatic carbocycles. The van der Waals surface area contributed by atoms with Crippen LogP contribution in [0, 0.1) is 12.7 Å². The van der Waals surface area contributed by atoms with E-state index in [1.54, 1.807) is 18.5 Å². The molecule has 6 nitrogen and oxygen atoms in total. The Balaban J connectivity index is 1.40. The van der Waals surface area contributed by atoms with E-state index in [2.05, 4.69) is 21.5 Å². The van der Waals surface area contributed by atoms with Crippen molar-refractivity contribution in [2.45, 2.75) is 25.9 Å². The zero-order valence-corrected chi connectivity index (χ0v) is 15.0. The molecule has 0 saturated carbocycles. The van der Waals surface area contributed by atoms with Crippen LogP contribution >= 0.6 is 0 Å². The minimum absolute atomic E-state index is 0.0764. The summed E-state index contributed by atoms with van der Waals surface area (Å²) in [5.41, 5.74) is 9.85. The number of nitrogens with two attached hydrogens (primary N) is 1.